The second-order valence-corrected chi connectivity index (χ2v) is 11.7. The summed E-state index contributed by atoms with van der Waals surface area (Å²) in [6.45, 7) is 3.80. The monoisotopic (exact) mass is 495 g/mol. The molecule has 3 aliphatic rings. The predicted octanol–water partition coefficient (Wildman–Crippen LogP) is 3.02. The van der Waals surface area contributed by atoms with Gasteiger partial charge in [0, 0.05) is 18.0 Å². The van der Waals surface area contributed by atoms with E-state index >= 15 is 0 Å². The molecule has 5 rings (SSSR count). The van der Waals surface area contributed by atoms with Crippen LogP contribution in [-0.2, 0) is 14.4 Å². The molecule has 2 aromatic carbocycles. The highest BCUT2D eigenvalue weighted by atomic mass is 32.2. The van der Waals surface area contributed by atoms with Crippen LogP contribution in [0.4, 0.5) is 5.69 Å². The quantitative estimate of drug-likeness (QED) is 0.549. The molecule has 3 N–H and O–H groups in total. The normalized spacial score (nSPS) is 30.9. The smallest absolute Gasteiger partial charge is 0.248 e. The number of hydrogen-bond acceptors (Lipinski definition) is 5. The third-order valence-electron chi connectivity index (χ3n) is 8.40. The van der Waals surface area contributed by atoms with Crippen molar-refractivity contribution >= 4 is 45.9 Å². The van der Waals surface area contributed by atoms with Gasteiger partial charge in [0.1, 0.15) is 6.04 Å². The van der Waals surface area contributed by atoms with Gasteiger partial charge in [-0.2, -0.15) is 0 Å². The third kappa shape index (κ3) is 3.64. The predicted molar refractivity (Wildman–Crippen MR) is 138 cm³/mol. The Balaban J connectivity index is 1.55. The number of aliphatic hydroxyl groups is 1. The number of hydrogen-bond donors (Lipinski definition) is 3. The zero-order valence-corrected chi connectivity index (χ0v) is 21.2. The van der Waals surface area contributed by atoms with Gasteiger partial charge in [-0.25, -0.2) is 0 Å². The number of amides is 3. The Kier molecular flexibility index (Phi) is 6.30. The summed E-state index contributed by atoms with van der Waals surface area (Å²) in [6, 6.07) is 12.5. The Morgan fingerprint density at radius 2 is 1.94 bits per heavy atom. The number of carbonyl (C=O) groups is 3. The zero-order chi connectivity index (χ0) is 24.9. The van der Waals surface area contributed by atoms with E-state index in [1.54, 1.807) is 23.7 Å². The molecule has 3 aliphatic heterocycles. The molecule has 3 heterocycles. The summed E-state index contributed by atoms with van der Waals surface area (Å²) in [5.41, 5.74) is 0.672. The van der Waals surface area contributed by atoms with Crippen molar-refractivity contribution in [1.82, 2.24) is 10.2 Å². The number of aliphatic hydroxyl groups excluding tert-OH is 1. The van der Waals surface area contributed by atoms with Crippen molar-refractivity contribution in [2.24, 2.45) is 17.8 Å². The lowest BCUT2D eigenvalue weighted by molar-refractivity contribution is -0.143. The number of thioether (sulfide) groups is 1. The molecule has 7 atom stereocenters. The number of rotatable bonds is 7. The molecule has 0 aromatic heterocycles. The van der Waals surface area contributed by atoms with Gasteiger partial charge in [-0.05, 0) is 41.7 Å². The van der Waals surface area contributed by atoms with Crippen molar-refractivity contribution in [3.05, 3.63) is 42.5 Å². The average molecular weight is 496 g/mol. The number of carbonyl (C=O) groups excluding carboxylic acids is 3. The number of nitrogens with one attached hydrogen (secondary N) is 2. The molecular formula is C27H33N3O4S. The van der Waals surface area contributed by atoms with Crippen LogP contribution in [0, 0.1) is 17.8 Å². The molecular weight excluding hydrogens is 462 g/mol. The van der Waals surface area contributed by atoms with Crippen LogP contribution in [0.3, 0.4) is 0 Å². The molecule has 0 saturated carbocycles. The fourth-order valence-corrected chi connectivity index (χ4v) is 8.71. The molecule has 8 heteroatoms. The fourth-order valence-electron chi connectivity index (χ4n) is 6.51. The van der Waals surface area contributed by atoms with Gasteiger partial charge in [0.25, 0.3) is 0 Å². The summed E-state index contributed by atoms with van der Waals surface area (Å²) in [7, 11) is 1.60. The van der Waals surface area contributed by atoms with Crippen LogP contribution < -0.4 is 10.6 Å². The van der Waals surface area contributed by atoms with Gasteiger partial charge in [-0.3, -0.25) is 14.4 Å². The van der Waals surface area contributed by atoms with Crippen LogP contribution in [0.5, 0.6) is 0 Å². The summed E-state index contributed by atoms with van der Waals surface area (Å²) >= 11 is 1.64. The maximum atomic E-state index is 14.0. The van der Waals surface area contributed by atoms with Gasteiger partial charge in [-0.1, -0.05) is 50.6 Å². The van der Waals surface area contributed by atoms with Crippen molar-refractivity contribution in [1.29, 1.82) is 0 Å². The minimum atomic E-state index is -0.748. The molecule has 2 bridgehead atoms. The molecule has 7 nitrogen and oxygen atoms in total. The van der Waals surface area contributed by atoms with E-state index in [9.17, 15) is 19.5 Å². The minimum Gasteiger partial charge on any atom is -0.394 e. The fraction of sp³-hybridized carbons (Fsp3) is 0.519. The lowest BCUT2D eigenvalue weighted by atomic mass is 9.70. The van der Waals surface area contributed by atoms with E-state index in [-0.39, 0.29) is 35.5 Å². The average Bonchev–Trinajstić information content (AvgIpc) is 3.51. The number of anilines is 1. The number of benzene rings is 2. The molecule has 186 valence electrons. The molecule has 3 amide bonds. The minimum absolute atomic E-state index is 0.01000. The first-order chi connectivity index (χ1) is 16.9. The summed E-state index contributed by atoms with van der Waals surface area (Å²) in [6.07, 6.45) is 2.27. The first-order valence-electron chi connectivity index (χ1n) is 12.5. The van der Waals surface area contributed by atoms with Crippen LogP contribution in [0.2, 0.25) is 0 Å². The first kappa shape index (κ1) is 24.1. The van der Waals surface area contributed by atoms with Crippen LogP contribution >= 0.6 is 11.8 Å². The number of nitrogens with zero attached hydrogens (tertiary/aromatic N) is 1. The van der Waals surface area contributed by atoms with Gasteiger partial charge in [0.05, 0.1) is 29.2 Å². The molecule has 1 spiro atoms. The lowest BCUT2D eigenvalue weighted by Gasteiger charge is -2.39. The molecule has 35 heavy (non-hydrogen) atoms. The Hall–Kier alpha value is -2.58. The van der Waals surface area contributed by atoms with Crippen LogP contribution in [0.25, 0.3) is 10.8 Å². The molecule has 3 saturated heterocycles. The third-order valence-corrected chi connectivity index (χ3v) is 10.3. The second-order valence-electron chi connectivity index (χ2n) is 10.1. The number of fused-ring (bicyclic) bond motifs is 2. The van der Waals surface area contributed by atoms with Gasteiger partial charge in [0.2, 0.25) is 17.7 Å². The van der Waals surface area contributed by atoms with Crippen LogP contribution in [-0.4, -0.2) is 63.5 Å². The van der Waals surface area contributed by atoms with E-state index < -0.39 is 28.7 Å². The van der Waals surface area contributed by atoms with E-state index in [1.165, 1.54) is 0 Å². The van der Waals surface area contributed by atoms with E-state index in [0.29, 0.717) is 12.1 Å². The molecule has 2 aromatic rings. The van der Waals surface area contributed by atoms with E-state index in [0.717, 1.165) is 23.6 Å². The summed E-state index contributed by atoms with van der Waals surface area (Å²) < 4.78 is -0.666. The molecule has 0 aliphatic carbocycles. The first-order valence-corrected chi connectivity index (χ1v) is 13.4. The van der Waals surface area contributed by atoms with Crippen molar-refractivity contribution < 1.29 is 19.5 Å². The van der Waals surface area contributed by atoms with E-state index in [2.05, 4.69) is 10.6 Å². The largest absolute Gasteiger partial charge is 0.394 e. The maximum Gasteiger partial charge on any atom is 0.248 e. The molecule has 3 fully saturated rings. The van der Waals surface area contributed by atoms with Gasteiger partial charge in [-0.15, -0.1) is 11.8 Å². The maximum absolute atomic E-state index is 14.0. The highest BCUT2D eigenvalue weighted by Crippen LogP contribution is 2.66. The summed E-state index contributed by atoms with van der Waals surface area (Å²) in [4.78, 5) is 42.5. The van der Waals surface area contributed by atoms with Gasteiger partial charge < -0.3 is 20.6 Å². The van der Waals surface area contributed by atoms with Crippen LogP contribution in [0.1, 0.15) is 33.1 Å². The highest BCUT2D eigenvalue weighted by molar-refractivity contribution is 8.02. The van der Waals surface area contributed by atoms with Gasteiger partial charge >= 0.3 is 0 Å². The summed E-state index contributed by atoms with van der Waals surface area (Å²) in [5.74, 6) is -1.56. The Morgan fingerprint density at radius 3 is 2.63 bits per heavy atom. The van der Waals surface area contributed by atoms with Crippen molar-refractivity contribution in [3.8, 4) is 0 Å². The Bertz CT molecular complexity index is 1170. The molecule has 2 unspecified atom stereocenters. The van der Waals surface area contributed by atoms with E-state index in [4.69, 9.17) is 0 Å². The number of likely N-dealkylation sites (tertiary alicyclic amines) is 1. The topological polar surface area (TPSA) is 98.7 Å². The van der Waals surface area contributed by atoms with Crippen molar-refractivity contribution in [2.75, 3.05) is 19.0 Å². The highest BCUT2D eigenvalue weighted by Gasteiger charge is 2.74. The Morgan fingerprint density at radius 1 is 1.20 bits per heavy atom. The van der Waals surface area contributed by atoms with Crippen LogP contribution in [0.15, 0.2) is 42.5 Å². The van der Waals surface area contributed by atoms with Gasteiger partial charge in [0.15, 0.2) is 0 Å². The zero-order valence-electron chi connectivity index (χ0n) is 20.4. The lowest BCUT2D eigenvalue weighted by Crippen LogP contribution is -2.56. The Labute approximate surface area is 210 Å². The SMILES string of the molecule is CC[C@H](C)[C@H](CO)N1C(=O)[C@@H]2[C@H](C(=O)NC)[C@@H]3CCC2(S3)C1C(=O)Nc1ccc2ccccc2c1. The second kappa shape index (κ2) is 9.13. The van der Waals surface area contributed by atoms with E-state index in [1.807, 2.05) is 56.3 Å². The summed E-state index contributed by atoms with van der Waals surface area (Å²) in [5, 5.41) is 18.3. The standard InChI is InChI=1S/C27H33N3O4S/c1-4-15(2)19(14-31)30-23(25(33)29-18-10-9-16-7-5-6-8-17(16)13-18)27-12-11-20(35-27)21(24(32)28-3)22(27)26(30)34/h5-10,13,15,19-23,31H,4,11-12,14H2,1-3H3,(H,28,32)(H,29,33)/t15-,19-,20-,21+,22-,23?,27?/m0/s1. The van der Waals surface area contributed by atoms with Crippen molar-refractivity contribution in [2.45, 2.75) is 55.2 Å². The van der Waals surface area contributed by atoms with Crippen molar-refractivity contribution in [3.63, 3.8) is 0 Å². The molecule has 0 radical (unpaired) electrons.